The SMILES string of the molecule is COCCN(CCC#N)C1CCS(=O)(=O)C1. The van der Waals surface area contributed by atoms with Gasteiger partial charge in [-0.05, 0) is 6.42 Å². The molecule has 0 aliphatic carbocycles. The topological polar surface area (TPSA) is 70.4 Å². The minimum absolute atomic E-state index is 0.0634. The van der Waals surface area contributed by atoms with Gasteiger partial charge in [0.15, 0.2) is 9.84 Å². The maximum Gasteiger partial charge on any atom is 0.151 e. The zero-order valence-corrected chi connectivity index (χ0v) is 10.4. The molecule has 5 nitrogen and oxygen atoms in total. The number of nitriles is 1. The molecule has 0 saturated carbocycles. The van der Waals surface area contributed by atoms with Gasteiger partial charge in [-0.3, -0.25) is 4.90 Å². The Labute approximate surface area is 96.9 Å². The van der Waals surface area contributed by atoms with Crippen molar-refractivity contribution in [3.8, 4) is 6.07 Å². The molecule has 92 valence electrons. The first-order chi connectivity index (χ1) is 7.59. The maximum atomic E-state index is 11.4. The summed E-state index contributed by atoms with van der Waals surface area (Å²) in [6.07, 6.45) is 1.11. The number of rotatable bonds is 6. The van der Waals surface area contributed by atoms with Crippen molar-refractivity contribution in [1.29, 1.82) is 5.26 Å². The number of sulfone groups is 1. The Bertz CT molecular complexity index is 348. The van der Waals surface area contributed by atoms with Crippen molar-refractivity contribution in [2.75, 3.05) is 38.3 Å². The predicted molar refractivity (Wildman–Crippen MR) is 60.7 cm³/mol. The molecule has 1 rings (SSSR count). The van der Waals surface area contributed by atoms with Crippen molar-refractivity contribution in [3.05, 3.63) is 0 Å². The molecule has 6 heteroatoms. The van der Waals surface area contributed by atoms with Gasteiger partial charge in [0.25, 0.3) is 0 Å². The van der Waals surface area contributed by atoms with E-state index in [1.54, 1.807) is 7.11 Å². The molecule has 1 unspecified atom stereocenters. The second kappa shape index (κ2) is 6.18. The summed E-state index contributed by atoms with van der Waals surface area (Å²) >= 11 is 0. The normalized spacial score (nSPS) is 23.4. The molecule has 0 bridgehead atoms. The van der Waals surface area contributed by atoms with Gasteiger partial charge in [0, 0.05) is 32.7 Å². The fourth-order valence-corrected chi connectivity index (χ4v) is 3.70. The monoisotopic (exact) mass is 246 g/mol. The molecule has 0 aromatic heterocycles. The van der Waals surface area contributed by atoms with E-state index in [2.05, 4.69) is 11.0 Å². The molecule has 1 heterocycles. The summed E-state index contributed by atoms with van der Waals surface area (Å²) in [5.41, 5.74) is 0. The third-order valence-electron chi connectivity index (χ3n) is 2.82. The van der Waals surface area contributed by atoms with Crippen molar-refractivity contribution >= 4 is 9.84 Å². The van der Waals surface area contributed by atoms with Crippen molar-refractivity contribution in [1.82, 2.24) is 4.90 Å². The maximum absolute atomic E-state index is 11.4. The zero-order chi connectivity index (χ0) is 12.0. The highest BCUT2D eigenvalue weighted by Crippen LogP contribution is 2.17. The third kappa shape index (κ3) is 4.08. The molecule has 1 fully saturated rings. The van der Waals surface area contributed by atoms with E-state index >= 15 is 0 Å². The minimum atomic E-state index is -2.86. The Morgan fingerprint density at radius 2 is 2.25 bits per heavy atom. The molecule has 0 N–H and O–H groups in total. The Morgan fingerprint density at radius 3 is 2.75 bits per heavy atom. The average molecular weight is 246 g/mol. The van der Waals surface area contributed by atoms with Crippen LogP contribution in [-0.4, -0.2) is 57.7 Å². The van der Waals surface area contributed by atoms with Crippen LogP contribution >= 0.6 is 0 Å². The lowest BCUT2D eigenvalue weighted by Gasteiger charge is -2.26. The van der Waals surface area contributed by atoms with Crippen molar-refractivity contribution in [3.63, 3.8) is 0 Å². The summed E-state index contributed by atoms with van der Waals surface area (Å²) < 4.78 is 27.7. The van der Waals surface area contributed by atoms with Crippen LogP contribution in [0.15, 0.2) is 0 Å². The second-order valence-electron chi connectivity index (χ2n) is 3.99. The van der Waals surface area contributed by atoms with Crippen molar-refractivity contribution in [2.45, 2.75) is 18.9 Å². The van der Waals surface area contributed by atoms with Crippen LogP contribution in [0.25, 0.3) is 0 Å². The van der Waals surface area contributed by atoms with E-state index in [1.165, 1.54) is 0 Å². The number of hydrogen-bond acceptors (Lipinski definition) is 5. The summed E-state index contributed by atoms with van der Waals surface area (Å²) in [7, 11) is -1.24. The molecule has 1 aliphatic heterocycles. The van der Waals surface area contributed by atoms with Crippen molar-refractivity contribution < 1.29 is 13.2 Å². The van der Waals surface area contributed by atoms with Crippen LogP contribution < -0.4 is 0 Å². The molecule has 0 amide bonds. The first kappa shape index (κ1) is 13.4. The summed E-state index contributed by atoms with van der Waals surface area (Å²) in [4.78, 5) is 2.05. The largest absolute Gasteiger partial charge is 0.383 e. The highest BCUT2D eigenvalue weighted by molar-refractivity contribution is 7.91. The lowest BCUT2D eigenvalue weighted by Crippen LogP contribution is -2.39. The van der Waals surface area contributed by atoms with E-state index < -0.39 is 9.84 Å². The molecule has 0 aromatic rings. The van der Waals surface area contributed by atoms with E-state index in [-0.39, 0.29) is 17.5 Å². The molecule has 0 radical (unpaired) electrons. The van der Waals surface area contributed by atoms with Crippen LogP contribution in [-0.2, 0) is 14.6 Å². The van der Waals surface area contributed by atoms with E-state index in [1.807, 2.05) is 0 Å². The van der Waals surface area contributed by atoms with Gasteiger partial charge >= 0.3 is 0 Å². The average Bonchev–Trinajstić information content (AvgIpc) is 2.59. The minimum Gasteiger partial charge on any atom is -0.383 e. The standard InChI is InChI=1S/C10H18N2O3S/c1-15-7-6-12(5-2-4-11)10-3-8-16(13,14)9-10/h10H,2-3,5-9H2,1H3. The number of nitrogens with zero attached hydrogens (tertiary/aromatic N) is 2. The smallest absolute Gasteiger partial charge is 0.151 e. The Morgan fingerprint density at radius 1 is 1.50 bits per heavy atom. The van der Waals surface area contributed by atoms with Gasteiger partial charge in [0.1, 0.15) is 0 Å². The summed E-state index contributed by atoms with van der Waals surface area (Å²) in [6.45, 7) is 1.89. The quantitative estimate of drug-likeness (QED) is 0.661. The first-order valence-electron chi connectivity index (χ1n) is 5.39. The third-order valence-corrected chi connectivity index (χ3v) is 4.57. The van der Waals surface area contributed by atoms with E-state index in [4.69, 9.17) is 10.00 Å². The molecule has 1 atom stereocenters. The fourth-order valence-electron chi connectivity index (χ4n) is 1.94. The van der Waals surface area contributed by atoms with Gasteiger partial charge < -0.3 is 4.74 Å². The summed E-state index contributed by atoms with van der Waals surface area (Å²) in [5, 5.41) is 8.56. The molecular formula is C10H18N2O3S. The van der Waals surface area contributed by atoms with E-state index in [0.29, 0.717) is 32.5 Å². The lowest BCUT2D eigenvalue weighted by molar-refractivity contribution is 0.128. The lowest BCUT2D eigenvalue weighted by atomic mass is 10.2. The van der Waals surface area contributed by atoms with Gasteiger partial charge in [-0.25, -0.2) is 8.42 Å². The zero-order valence-electron chi connectivity index (χ0n) is 9.55. The molecule has 1 saturated heterocycles. The van der Waals surface area contributed by atoms with Gasteiger partial charge in [0.05, 0.1) is 24.2 Å². The van der Waals surface area contributed by atoms with Crippen LogP contribution in [0.4, 0.5) is 0 Å². The molecule has 0 aromatic carbocycles. The number of ether oxygens (including phenoxy) is 1. The van der Waals surface area contributed by atoms with Crippen LogP contribution in [0.5, 0.6) is 0 Å². The summed E-state index contributed by atoms with van der Waals surface area (Å²) in [5.74, 6) is 0.496. The van der Waals surface area contributed by atoms with Crippen LogP contribution in [0.3, 0.4) is 0 Å². The second-order valence-corrected chi connectivity index (χ2v) is 6.22. The van der Waals surface area contributed by atoms with Crippen LogP contribution in [0.1, 0.15) is 12.8 Å². The highest BCUT2D eigenvalue weighted by atomic mass is 32.2. The van der Waals surface area contributed by atoms with Gasteiger partial charge in [-0.15, -0.1) is 0 Å². The van der Waals surface area contributed by atoms with Gasteiger partial charge in [-0.2, -0.15) is 5.26 Å². The van der Waals surface area contributed by atoms with Crippen molar-refractivity contribution in [2.24, 2.45) is 0 Å². The molecule has 1 aliphatic rings. The predicted octanol–water partition coefficient (Wildman–Crippen LogP) is 0.0356. The molecule has 16 heavy (non-hydrogen) atoms. The Kier molecular flexibility index (Phi) is 5.19. The Balaban J connectivity index is 2.52. The summed E-state index contributed by atoms with van der Waals surface area (Å²) in [6, 6.07) is 2.15. The first-order valence-corrected chi connectivity index (χ1v) is 7.21. The highest BCUT2D eigenvalue weighted by Gasteiger charge is 2.31. The van der Waals surface area contributed by atoms with E-state index in [9.17, 15) is 8.42 Å². The van der Waals surface area contributed by atoms with Gasteiger partial charge in [0.2, 0.25) is 0 Å². The molecule has 0 spiro atoms. The fraction of sp³-hybridized carbons (Fsp3) is 0.900. The number of hydrogen-bond donors (Lipinski definition) is 0. The van der Waals surface area contributed by atoms with Crippen LogP contribution in [0, 0.1) is 11.3 Å². The van der Waals surface area contributed by atoms with Crippen LogP contribution in [0.2, 0.25) is 0 Å². The van der Waals surface area contributed by atoms with Gasteiger partial charge in [-0.1, -0.05) is 0 Å². The van der Waals surface area contributed by atoms with E-state index in [0.717, 1.165) is 0 Å². The molecular weight excluding hydrogens is 228 g/mol. The number of methoxy groups -OCH3 is 1. The Hall–Kier alpha value is -0.640.